The largest absolute Gasteiger partial charge is 0.321 e. The number of aliphatic imine (C=N–C) groups is 1. The van der Waals surface area contributed by atoms with Crippen LogP contribution < -0.4 is 11.1 Å². The molecular formula is C14H21N3O2. The van der Waals surface area contributed by atoms with Gasteiger partial charge in [0.2, 0.25) is 5.91 Å². The molecule has 5 nitrogen and oxygen atoms in total. The number of amides is 2. The summed E-state index contributed by atoms with van der Waals surface area (Å²) < 4.78 is 0. The lowest BCUT2D eigenvalue weighted by Crippen LogP contribution is -2.57. The average Bonchev–Trinajstić information content (AvgIpc) is 3.21. The van der Waals surface area contributed by atoms with E-state index in [0.29, 0.717) is 24.6 Å². The van der Waals surface area contributed by atoms with Crippen molar-refractivity contribution in [3.05, 3.63) is 0 Å². The van der Waals surface area contributed by atoms with Gasteiger partial charge in [-0.15, -0.1) is 0 Å². The molecule has 1 heterocycles. The number of amidine groups is 1. The molecule has 19 heavy (non-hydrogen) atoms. The van der Waals surface area contributed by atoms with Gasteiger partial charge in [0.1, 0.15) is 11.3 Å². The number of hydrogen-bond acceptors (Lipinski definition) is 3. The summed E-state index contributed by atoms with van der Waals surface area (Å²) in [4.78, 5) is 28.9. The highest BCUT2D eigenvalue weighted by atomic mass is 16.2. The maximum atomic E-state index is 12.4. The molecule has 3 rings (SSSR count). The lowest BCUT2D eigenvalue weighted by Gasteiger charge is -2.33. The molecule has 1 aliphatic heterocycles. The van der Waals surface area contributed by atoms with Crippen LogP contribution in [0.25, 0.3) is 0 Å². The van der Waals surface area contributed by atoms with Crippen molar-refractivity contribution in [3.8, 4) is 0 Å². The van der Waals surface area contributed by atoms with Gasteiger partial charge in [-0.2, -0.15) is 4.99 Å². The molecule has 2 saturated carbocycles. The molecule has 2 amide bonds. The summed E-state index contributed by atoms with van der Waals surface area (Å²) in [6.45, 7) is 0. The van der Waals surface area contributed by atoms with Crippen LogP contribution >= 0.6 is 0 Å². The standard InChI is InChI=1S/C14H21N3O2/c15-10(9-5-6-9)11-16-12(18)14(13(19)17-11)7-3-1-2-4-8-14/h9-10H,1-8,15H2,(H,16,17,18,19). The van der Waals surface area contributed by atoms with Crippen LogP contribution in [0.3, 0.4) is 0 Å². The Bertz CT molecular complexity index is 432. The molecule has 2 aliphatic carbocycles. The van der Waals surface area contributed by atoms with Crippen molar-refractivity contribution >= 4 is 17.6 Å². The predicted octanol–water partition coefficient (Wildman–Crippen LogP) is 1.12. The normalized spacial score (nSPS) is 28.6. The zero-order valence-corrected chi connectivity index (χ0v) is 11.2. The van der Waals surface area contributed by atoms with Gasteiger partial charge in [0.25, 0.3) is 5.91 Å². The Labute approximate surface area is 113 Å². The molecule has 1 spiro atoms. The lowest BCUT2D eigenvalue weighted by molar-refractivity contribution is -0.142. The molecule has 2 fully saturated rings. The van der Waals surface area contributed by atoms with Crippen molar-refractivity contribution in [2.75, 3.05) is 0 Å². The number of hydrogen-bond donors (Lipinski definition) is 2. The molecule has 1 atom stereocenters. The summed E-state index contributed by atoms with van der Waals surface area (Å²) in [5.41, 5.74) is 5.13. The Balaban J connectivity index is 1.84. The lowest BCUT2D eigenvalue weighted by atomic mass is 9.77. The fourth-order valence-electron chi connectivity index (χ4n) is 3.19. The topological polar surface area (TPSA) is 84.5 Å². The van der Waals surface area contributed by atoms with Gasteiger partial charge in [0.05, 0.1) is 6.04 Å². The summed E-state index contributed by atoms with van der Waals surface area (Å²) in [7, 11) is 0. The first-order valence-electron chi connectivity index (χ1n) is 7.33. The second kappa shape index (κ2) is 4.71. The van der Waals surface area contributed by atoms with Crippen LogP contribution in [0.1, 0.15) is 51.4 Å². The zero-order valence-electron chi connectivity index (χ0n) is 11.2. The third-order valence-corrected chi connectivity index (χ3v) is 4.71. The molecule has 5 heteroatoms. The third kappa shape index (κ3) is 2.20. The number of nitrogens with one attached hydrogen (secondary N) is 1. The van der Waals surface area contributed by atoms with Gasteiger partial charge in [-0.1, -0.05) is 25.7 Å². The molecule has 0 aromatic heterocycles. The minimum Gasteiger partial charge on any atom is -0.321 e. The van der Waals surface area contributed by atoms with Crippen molar-refractivity contribution in [1.29, 1.82) is 0 Å². The van der Waals surface area contributed by atoms with E-state index in [1.165, 1.54) is 0 Å². The molecule has 0 bridgehead atoms. The highest BCUT2D eigenvalue weighted by Crippen LogP contribution is 2.39. The highest BCUT2D eigenvalue weighted by Gasteiger charge is 2.49. The van der Waals surface area contributed by atoms with E-state index in [4.69, 9.17) is 5.73 Å². The Morgan fingerprint density at radius 3 is 2.32 bits per heavy atom. The molecular weight excluding hydrogens is 242 g/mol. The van der Waals surface area contributed by atoms with Crippen LogP contribution in [-0.2, 0) is 9.59 Å². The van der Waals surface area contributed by atoms with Crippen molar-refractivity contribution in [1.82, 2.24) is 5.32 Å². The first kappa shape index (κ1) is 12.8. The fourth-order valence-corrected chi connectivity index (χ4v) is 3.19. The number of carbonyl (C=O) groups is 2. The Morgan fingerprint density at radius 2 is 1.79 bits per heavy atom. The van der Waals surface area contributed by atoms with E-state index in [9.17, 15) is 9.59 Å². The van der Waals surface area contributed by atoms with Gasteiger partial charge >= 0.3 is 0 Å². The van der Waals surface area contributed by atoms with Crippen molar-refractivity contribution in [3.63, 3.8) is 0 Å². The monoisotopic (exact) mass is 263 g/mol. The van der Waals surface area contributed by atoms with E-state index < -0.39 is 5.41 Å². The second-order valence-electron chi connectivity index (χ2n) is 6.12. The van der Waals surface area contributed by atoms with E-state index in [-0.39, 0.29) is 17.9 Å². The van der Waals surface area contributed by atoms with Gasteiger partial charge in [-0.3, -0.25) is 9.59 Å². The zero-order chi connectivity index (χ0) is 13.5. The van der Waals surface area contributed by atoms with E-state index in [1.54, 1.807) is 0 Å². The molecule has 0 saturated heterocycles. The Morgan fingerprint density at radius 1 is 1.16 bits per heavy atom. The van der Waals surface area contributed by atoms with E-state index in [0.717, 1.165) is 38.5 Å². The van der Waals surface area contributed by atoms with Gasteiger partial charge in [-0.25, -0.2) is 0 Å². The molecule has 0 radical (unpaired) electrons. The molecule has 3 N–H and O–H groups in total. The van der Waals surface area contributed by atoms with Crippen molar-refractivity contribution < 1.29 is 9.59 Å². The van der Waals surface area contributed by atoms with Crippen LogP contribution in [0.5, 0.6) is 0 Å². The number of nitrogens with zero attached hydrogens (tertiary/aromatic N) is 1. The van der Waals surface area contributed by atoms with Gasteiger partial charge < -0.3 is 11.1 Å². The SMILES string of the molecule is NC(C1=NC(=O)C2(CCCCCC2)C(=O)N1)C1CC1. The Hall–Kier alpha value is -1.23. The smallest absolute Gasteiger partial charge is 0.263 e. The summed E-state index contributed by atoms with van der Waals surface area (Å²) in [6.07, 6.45) is 7.45. The maximum absolute atomic E-state index is 12.4. The Kier molecular flexibility index (Phi) is 3.17. The van der Waals surface area contributed by atoms with Crippen LogP contribution in [0, 0.1) is 11.3 Å². The average molecular weight is 263 g/mol. The highest BCUT2D eigenvalue weighted by molar-refractivity contribution is 6.19. The van der Waals surface area contributed by atoms with Crippen LogP contribution in [0.15, 0.2) is 4.99 Å². The molecule has 104 valence electrons. The van der Waals surface area contributed by atoms with Crippen LogP contribution in [0.4, 0.5) is 0 Å². The number of nitrogens with two attached hydrogens (primary N) is 1. The summed E-state index contributed by atoms with van der Waals surface area (Å²) in [5, 5.41) is 2.82. The first-order chi connectivity index (χ1) is 9.13. The second-order valence-corrected chi connectivity index (χ2v) is 6.12. The third-order valence-electron chi connectivity index (χ3n) is 4.71. The minimum atomic E-state index is -0.900. The first-order valence-corrected chi connectivity index (χ1v) is 7.33. The van der Waals surface area contributed by atoms with Crippen LogP contribution in [-0.4, -0.2) is 23.7 Å². The molecule has 1 unspecified atom stereocenters. The maximum Gasteiger partial charge on any atom is 0.263 e. The molecule has 0 aromatic carbocycles. The van der Waals surface area contributed by atoms with Gasteiger partial charge in [0.15, 0.2) is 0 Å². The molecule has 3 aliphatic rings. The van der Waals surface area contributed by atoms with E-state index in [1.807, 2.05) is 0 Å². The van der Waals surface area contributed by atoms with E-state index >= 15 is 0 Å². The van der Waals surface area contributed by atoms with Gasteiger partial charge in [-0.05, 0) is 31.6 Å². The summed E-state index contributed by atoms with van der Waals surface area (Å²) in [5.74, 6) is 0.354. The fraction of sp³-hybridized carbons (Fsp3) is 0.786. The number of carbonyl (C=O) groups excluding carboxylic acids is 2. The van der Waals surface area contributed by atoms with Crippen molar-refractivity contribution in [2.45, 2.75) is 57.4 Å². The summed E-state index contributed by atoms with van der Waals surface area (Å²) in [6, 6.07) is -0.281. The minimum absolute atomic E-state index is 0.166. The van der Waals surface area contributed by atoms with Crippen LogP contribution in [0.2, 0.25) is 0 Å². The van der Waals surface area contributed by atoms with E-state index in [2.05, 4.69) is 10.3 Å². The van der Waals surface area contributed by atoms with Crippen molar-refractivity contribution in [2.24, 2.45) is 22.1 Å². The molecule has 0 aromatic rings. The predicted molar refractivity (Wildman–Crippen MR) is 71.4 cm³/mol. The van der Waals surface area contributed by atoms with Gasteiger partial charge in [0, 0.05) is 0 Å². The summed E-state index contributed by atoms with van der Waals surface area (Å²) >= 11 is 0. The quantitative estimate of drug-likeness (QED) is 0.732. The number of rotatable bonds is 2.